The molecule has 0 unspecified atom stereocenters. The molecule has 1 aliphatic carbocycles. The fourth-order valence-corrected chi connectivity index (χ4v) is 1.40. The maximum absolute atomic E-state index is 5.46. The van der Waals surface area contributed by atoms with E-state index in [0.717, 1.165) is 12.0 Å². The highest BCUT2D eigenvalue weighted by atomic mass is 16.3. The van der Waals surface area contributed by atoms with E-state index < -0.39 is 0 Å². The van der Waals surface area contributed by atoms with E-state index in [0.29, 0.717) is 0 Å². The fraction of sp³-hybridized carbons (Fsp3) is 0.111. The van der Waals surface area contributed by atoms with Crippen molar-refractivity contribution in [2.24, 2.45) is 0 Å². The maximum atomic E-state index is 5.46. The zero-order chi connectivity index (χ0) is 6.55. The number of furan rings is 1. The van der Waals surface area contributed by atoms with Crippen LogP contribution in [0.1, 0.15) is 11.3 Å². The molecule has 0 amide bonds. The van der Waals surface area contributed by atoms with Gasteiger partial charge in [-0.2, -0.15) is 0 Å². The SMILES string of the molecule is c1ccc2c3c(oc2c1)C3. The van der Waals surface area contributed by atoms with Gasteiger partial charge in [0.15, 0.2) is 0 Å². The lowest BCUT2D eigenvalue weighted by atomic mass is 10.2. The van der Waals surface area contributed by atoms with E-state index >= 15 is 0 Å². The van der Waals surface area contributed by atoms with Crippen molar-refractivity contribution in [3.63, 3.8) is 0 Å². The van der Waals surface area contributed by atoms with Crippen molar-refractivity contribution >= 4 is 11.0 Å². The van der Waals surface area contributed by atoms with Crippen LogP contribution in [0.2, 0.25) is 0 Å². The predicted octanol–water partition coefficient (Wildman–Crippen LogP) is 2.34. The Morgan fingerprint density at radius 2 is 2.10 bits per heavy atom. The second-order valence-electron chi connectivity index (χ2n) is 2.68. The zero-order valence-electron chi connectivity index (χ0n) is 5.42. The number of hydrogen-bond acceptors (Lipinski definition) is 1. The third kappa shape index (κ3) is 0.397. The molecular formula is C9H6O. The Kier molecular flexibility index (Phi) is 0.575. The minimum atomic E-state index is 1.04. The molecular weight excluding hydrogens is 124 g/mol. The molecule has 0 radical (unpaired) electrons. The number of benzene rings is 1. The van der Waals surface area contributed by atoms with Crippen molar-refractivity contribution < 1.29 is 4.42 Å². The first kappa shape index (κ1) is 4.56. The smallest absolute Gasteiger partial charge is 0.134 e. The summed E-state index contributed by atoms with van der Waals surface area (Å²) in [5, 5.41) is 1.30. The van der Waals surface area contributed by atoms with Gasteiger partial charge in [0.1, 0.15) is 11.3 Å². The summed E-state index contributed by atoms with van der Waals surface area (Å²) in [6.45, 7) is 0. The molecule has 0 bridgehead atoms. The van der Waals surface area contributed by atoms with Gasteiger partial charge in [0.2, 0.25) is 0 Å². The van der Waals surface area contributed by atoms with Crippen LogP contribution in [0.5, 0.6) is 0 Å². The van der Waals surface area contributed by atoms with E-state index in [2.05, 4.69) is 12.1 Å². The Balaban J connectivity index is 2.60. The quantitative estimate of drug-likeness (QED) is 0.455. The molecule has 1 aliphatic rings. The molecule has 1 heteroatoms. The molecule has 0 aliphatic heterocycles. The van der Waals surface area contributed by atoms with E-state index in [1.165, 1.54) is 16.7 Å². The number of hydrogen-bond donors (Lipinski definition) is 0. The highest BCUT2D eigenvalue weighted by Gasteiger charge is 2.25. The third-order valence-electron chi connectivity index (χ3n) is 1.99. The number of rotatable bonds is 0. The molecule has 0 spiro atoms. The Labute approximate surface area is 58.3 Å². The normalized spacial score (nSPS) is 13.6. The monoisotopic (exact) mass is 130 g/mol. The molecule has 48 valence electrons. The van der Waals surface area contributed by atoms with Gasteiger partial charge in [-0.15, -0.1) is 0 Å². The molecule has 3 rings (SSSR count). The van der Waals surface area contributed by atoms with Gasteiger partial charge in [-0.05, 0) is 6.07 Å². The van der Waals surface area contributed by atoms with Crippen molar-refractivity contribution in [1.29, 1.82) is 0 Å². The third-order valence-corrected chi connectivity index (χ3v) is 1.99. The van der Waals surface area contributed by atoms with Gasteiger partial charge in [0.05, 0.1) is 0 Å². The van der Waals surface area contributed by atoms with Crippen LogP contribution in [0.25, 0.3) is 11.0 Å². The van der Waals surface area contributed by atoms with Gasteiger partial charge in [-0.1, -0.05) is 18.2 Å². The van der Waals surface area contributed by atoms with Crippen LogP contribution < -0.4 is 0 Å². The van der Waals surface area contributed by atoms with Crippen molar-refractivity contribution in [3.05, 3.63) is 35.6 Å². The van der Waals surface area contributed by atoms with Crippen LogP contribution in [0.3, 0.4) is 0 Å². The number of fused-ring (bicyclic) bond motifs is 3. The first-order valence-electron chi connectivity index (χ1n) is 3.44. The lowest BCUT2D eigenvalue weighted by molar-refractivity contribution is 0.597. The summed E-state index contributed by atoms with van der Waals surface area (Å²) in [7, 11) is 0. The molecule has 0 saturated heterocycles. The van der Waals surface area contributed by atoms with Crippen molar-refractivity contribution in [2.75, 3.05) is 0 Å². The van der Waals surface area contributed by atoms with E-state index in [1.54, 1.807) is 0 Å². The summed E-state index contributed by atoms with van der Waals surface area (Å²) in [5.74, 6) is 1.18. The standard InChI is InChI=1S/C9H6O/c1-2-4-8-6(3-1)7-5-9(7)10-8/h1-4H,5H2. The molecule has 0 saturated carbocycles. The van der Waals surface area contributed by atoms with Crippen LogP contribution in [-0.4, -0.2) is 0 Å². The van der Waals surface area contributed by atoms with Gasteiger partial charge in [-0.3, -0.25) is 0 Å². The predicted molar refractivity (Wildman–Crippen MR) is 39.0 cm³/mol. The van der Waals surface area contributed by atoms with Crippen molar-refractivity contribution in [2.45, 2.75) is 6.42 Å². The van der Waals surface area contributed by atoms with E-state index in [9.17, 15) is 0 Å². The first-order valence-corrected chi connectivity index (χ1v) is 3.44. The largest absolute Gasteiger partial charge is 0.460 e. The van der Waals surface area contributed by atoms with Gasteiger partial charge >= 0.3 is 0 Å². The van der Waals surface area contributed by atoms with E-state index in [4.69, 9.17) is 4.42 Å². The summed E-state index contributed by atoms with van der Waals surface area (Å²) >= 11 is 0. The van der Waals surface area contributed by atoms with Gasteiger partial charge in [-0.25, -0.2) is 0 Å². The van der Waals surface area contributed by atoms with Crippen LogP contribution >= 0.6 is 0 Å². The Hall–Kier alpha value is -1.24. The van der Waals surface area contributed by atoms with Crippen LogP contribution in [0.15, 0.2) is 28.7 Å². The van der Waals surface area contributed by atoms with Gasteiger partial charge in [0.25, 0.3) is 0 Å². The molecule has 10 heavy (non-hydrogen) atoms. The topological polar surface area (TPSA) is 13.1 Å². The van der Waals surface area contributed by atoms with Crippen molar-refractivity contribution in [1.82, 2.24) is 0 Å². The average molecular weight is 130 g/mol. The van der Waals surface area contributed by atoms with Gasteiger partial charge in [0, 0.05) is 17.4 Å². The second-order valence-corrected chi connectivity index (χ2v) is 2.68. The summed E-state index contributed by atoms with van der Waals surface area (Å²) in [6.07, 6.45) is 1.08. The molecule has 0 fully saturated rings. The molecule has 0 N–H and O–H groups in total. The lowest BCUT2D eigenvalue weighted by Crippen LogP contribution is -1.64. The summed E-state index contributed by atoms with van der Waals surface area (Å²) in [6, 6.07) is 8.19. The van der Waals surface area contributed by atoms with Crippen LogP contribution in [-0.2, 0) is 6.42 Å². The summed E-state index contributed by atoms with van der Waals surface area (Å²) in [5.41, 5.74) is 2.45. The highest BCUT2D eigenvalue weighted by molar-refractivity contribution is 5.86. The molecule has 1 aromatic carbocycles. The highest BCUT2D eigenvalue weighted by Crippen LogP contribution is 2.38. The molecule has 0 atom stereocenters. The Morgan fingerprint density at radius 3 is 3.00 bits per heavy atom. The fourth-order valence-electron chi connectivity index (χ4n) is 1.40. The lowest BCUT2D eigenvalue weighted by Gasteiger charge is -1.86. The zero-order valence-corrected chi connectivity index (χ0v) is 5.42. The molecule has 1 nitrogen and oxygen atoms in total. The molecule has 1 heterocycles. The summed E-state index contributed by atoms with van der Waals surface area (Å²) in [4.78, 5) is 0. The minimum Gasteiger partial charge on any atom is -0.460 e. The average Bonchev–Trinajstić information content (AvgIpc) is 2.64. The Bertz CT molecular complexity index is 398. The van der Waals surface area contributed by atoms with E-state index in [-0.39, 0.29) is 0 Å². The number of para-hydroxylation sites is 1. The van der Waals surface area contributed by atoms with Crippen molar-refractivity contribution in [3.8, 4) is 0 Å². The molecule has 1 aromatic heterocycles. The Morgan fingerprint density at radius 1 is 1.20 bits per heavy atom. The maximum Gasteiger partial charge on any atom is 0.134 e. The minimum absolute atomic E-state index is 1.04. The second kappa shape index (κ2) is 1.26. The van der Waals surface area contributed by atoms with Crippen LogP contribution in [0, 0.1) is 0 Å². The summed E-state index contributed by atoms with van der Waals surface area (Å²) < 4.78 is 5.46. The first-order chi connectivity index (χ1) is 4.95. The van der Waals surface area contributed by atoms with Gasteiger partial charge < -0.3 is 4.42 Å². The van der Waals surface area contributed by atoms with E-state index in [1.807, 2.05) is 12.1 Å². The van der Waals surface area contributed by atoms with Crippen LogP contribution in [0.4, 0.5) is 0 Å². The molecule has 2 aromatic rings.